The number of benzene rings is 2. The highest BCUT2D eigenvalue weighted by atomic mass is 35.5. The lowest BCUT2D eigenvalue weighted by Gasteiger charge is -2.31. The number of piperidine rings is 1. The molecule has 4 nitrogen and oxygen atoms in total. The lowest BCUT2D eigenvalue weighted by molar-refractivity contribution is 0.0652. The van der Waals surface area contributed by atoms with Gasteiger partial charge in [0.25, 0.3) is 5.91 Å². The molecule has 1 aliphatic heterocycles. The molecule has 0 N–H and O–H groups in total. The Morgan fingerprint density at radius 2 is 1.70 bits per heavy atom. The van der Waals surface area contributed by atoms with Gasteiger partial charge in [0.05, 0.1) is 21.1 Å². The van der Waals surface area contributed by atoms with Crippen molar-refractivity contribution >= 4 is 45.8 Å². The van der Waals surface area contributed by atoms with E-state index in [2.05, 4.69) is 4.98 Å². The first-order chi connectivity index (χ1) is 14.3. The second-order valence-electron chi connectivity index (χ2n) is 7.89. The number of aryl methyl sites for hydroxylation is 2. The van der Waals surface area contributed by atoms with Crippen molar-refractivity contribution in [3.63, 3.8) is 0 Å². The molecule has 0 atom stereocenters. The van der Waals surface area contributed by atoms with Gasteiger partial charge in [0.1, 0.15) is 0 Å². The van der Waals surface area contributed by atoms with Crippen molar-refractivity contribution in [1.29, 1.82) is 0 Å². The van der Waals surface area contributed by atoms with Crippen molar-refractivity contribution in [2.24, 2.45) is 5.92 Å². The largest absolute Gasteiger partial charge is 0.339 e. The smallest absolute Gasteiger partial charge is 0.254 e. The van der Waals surface area contributed by atoms with E-state index in [9.17, 15) is 9.59 Å². The van der Waals surface area contributed by atoms with Gasteiger partial charge in [0.15, 0.2) is 5.78 Å². The number of halogens is 2. The minimum absolute atomic E-state index is 0.00321. The molecule has 0 spiro atoms. The molecule has 0 aliphatic carbocycles. The number of rotatable bonds is 3. The van der Waals surface area contributed by atoms with Crippen LogP contribution in [0.15, 0.2) is 42.5 Å². The van der Waals surface area contributed by atoms with Crippen LogP contribution in [0, 0.1) is 19.8 Å². The molecule has 1 saturated heterocycles. The number of carbonyl (C=O) groups is 2. The Balaban J connectivity index is 1.51. The predicted molar refractivity (Wildman–Crippen MR) is 121 cm³/mol. The summed E-state index contributed by atoms with van der Waals surface area (Å²) in [4.78, 5) is 32.5. The normalized spacial score (nSPS) is 14.9. The summed E-state index contributed by atoms with van der Waals surface area (Å²) in [6.45, 7) is 5.00. The first-order valence-electron chi connectivity index (χ1n) is 10.00. The first-order valence-corrected chi connectivity index (χ1v) is 10.8. The minimum Gasteiger partial charge on any atom is -0.339 e. The van der Waals surface area contributed by atoms with E-state index in [1.54, 1.807) is 18.2 Å². The van der Waals surface area contributed by atoms with Gasteiger partial charge in [0.2, 0.25) is 0 Å². The van der Waals surface area contributed by atoms with Gasteiger partial charge in [-0.15, -0.1) is 0 Å². The standard InChI is InChI=1S/C24H22Cl2N2O2/c1-14-3-6-22-18(11-14)19(12-15(2)27-22)24(30)28-9-7-16(8-10-28)23(29)17-4-5-20(25)21(26)13-17/h3-6,11-13,16H,7-10H2,1-2H3. The van der Waals surface area contributed by atoms with Crippen molar-refractivity contribution in [3.8, 4) is 0 Å². The van der Waals surface area contributed by atoms with Gasteiger partial charge in [0, 0.05) is 35.7 Å². The molecule has 0 saturated carbocycles. The van der Waals surface area contributed by atoms with E-state index in [1.165, 1.54) is 0 Å². The average molecular weight is 441 g/mol. The van der Waals surface area contributed by atoms with Crippen LogP contribution in [-0.4, -0.2) is 34.7 Å². The summed E-state index contributed by atoms with van der Waals surface area (Å²) >= 11 is 12.0. The number of nitrogens with zero attached hydrogens (tertiary/aromatic N) is 2. The molecule has 6 heteroatoms. The van der Waals surface area contributed by atoms with E-state index in [1.807, 2.05) is 43.0 Å². The lowest BCUT2D eigenvalue weighted by atomic mass is 9.88. The Morgan fingerprint density at radius 3 is 2.40 bits per heavy atom. The van der Waals surface area contributed by atoms with Gasteiger partial charge in [-0.05, 0) is 63.1 Å². The van der Waals surface area contributed by atoms with Gasteiger partial charge < -0.3 is 4.90 Å². The number of Topliss-reactive ketones (excluding diaryl/α,β-unsaturated/α-hetero) is 1. The van der Waals surface area contributed by atoms with E-state index in [4.69, 9.17) is 23.2 Å². The van der Waals surface area contributed by atoms with E-state index in [0.29, 0.717) is 47.1 Å². The zero-order chi connectivity index (χ0) is 21.4. The molecular formula is C24H22Cl2N2O2. The number of ketones is 1. The Labute approximate surface area is 185 Å². The van der Waals surface area contributed by atoms with Gasteiger partial charge >= 0.3 is 0 Å². The zero-order valence-electron chi connectivity index (χ0n) is 16.9. The number of pyridine rings is 1. The Bertz CT molecular complexity index is 1150. The molecule has 30 heavy (non-hydrogen) atoms. The summed E-state index contributed by atoms with van der Waals surface area (Å²) < 4.78 is 0. The third kappa shape index (κ3) is 4.07. The quantitative estimate of drug-likeness (QED) is 0.476. The summed E-state index contributed by atoms with van der Waals surface area (Å²) in [5, 5.41) is 1.69. The number of carbonyl (C=O) groups excluding carboxylic acids is 2. The molecule has 154 valence electrons. The fourth-order valence-corrected chi connectivity index (χ4v) is 4.35. The maximum atomic E-state index is 13.3. The van der Waals surface area contributed by atoms with Gasteiger partial charge in [-0.2, -0.15) is 0 Å². The molecule has 1 amide bonds. The van der Waals surface area contributed by atoms with Crippen LogP contribution in [0.4, 0.5) is 0 Å². The Morgan fingerprint density at radius 1 is 0.967 bits per heavy atom. The Hall–Kier alpha value is -2.43. The molecule has 2 aromatic carbocycles. The molecule has 1 aromatic heterocycles. The maximum Gasteiger partial charge on any atom is 0.254 e. The number of fused-ring (bicyclic) bond motifs is 1. The topological polar surface area (TPSA) is 50.3 Å². The molecule has 1 aliphatic rings. The zero-order valence-corrected chi connectivity index (χ0v) is 18.4. The molecule has 0 unspecified atom stereocenters. The second kappa shape index (κ2) is 8.37. The maximum absolute atomic E-state index is 13.3. The van der Waals surface area contributed by atoms with Gasteiger partial charge in [-0.25, -0.2) is 0 Å². The van der Waals surface area contributed by atoms with Crippen LogP contribution in [0.5, 0.6) is 0 Å². The van der Waals surface area contributed by atoms with Crippen molar-refractivity contribution in [3.05, 3.63) is 74.9 Å². The molecular weight excluding hydrogens is 419 g/mol. The van der Waals surface area contributed by atoms with Crippen molar-refractivity contribution in [2.45, 2.75) is 26.7 Å². The van der Waals surface area contributed by atoms with Crippen LogP contribution >= 0.6 is 23.2 Å². The fourth-order valence-electron chi connectivity index (χ4n) is 4.05. The van der Waals surface area contributed by atoms with Crippen LogP contribution in [0.25, 0.3) is 10.9 Å². The fraction of sp³-hybridized carbons (Fsp3) is 0.292. The van der Waals surface area contributed by atoms with Crippen LogP contribution < -0.4 is 0 Å². The van der Waals surface area contributed by atoms with Crippen molar-refractivity contribution in [2.75, 3.05) is 13.1 Å². The molecule has 1 fully saturated rings. The van der Waals surface area contributed by atoms with Crippen LogP contribution in [0.1, 0.15) is 44.8 Å². The van der Waals surface area contributed by atoms with Crippen LogP contribution in [0.3, 0.4) is 0 Å². The minimum atomic E-state index is -0.121. The molecule has 0 radical (unpaired) electrons. The number of hydrogen-bond donors (Lipinski definition) is 0. The summed E-state index contributed by atoms with van der Waals surface area (Å²) in [6.07, 6.45) is 1.26. The predicted octanol–water partition coefficient (Wildman–Crippen LogP) is 5.89. The van der Waals surface area contributed by atoms with Crippen LogP contribution in [0.2, 0.25) is 10.0 Å². The summed E-state index contributed by atoms with van der Waals surface area (Å²) in [7, 11) is 0. The van der Waals surface area contributed by atoms with E-state index >= 15 is 0 Å². The highest BCUT2D eigenvalue weighted by Gasteiger charge is 2.29. The molecule has 4 rings (SSSR count). The van der Waals surface area contributed by atoms with Gasteiger partial charge in [-0.1, -0.05) is 34.8 Å². The summed E-state index contributed by atoms with van der Waals surface area (Å²) in [6, 6.07) is 12.8. The average Bonchev–Trinajstić information content (AvgIpc) is 2.74. The Kier molecular flexibility index (Phi) is 5.81. The summed E-state index contributed by atoms with van der Waals surface area (Å²) in [5.74, 6) is -0.0671. The van der Waals surface area contributed by atoms with Crippen molar-refractivity contribution < 1.29 is 9.59 Å². The van der Waals surface area contributed by atoms with Crippen molar-refractivity contribution in [1.82, 2.24) is 9.88 Å². The van der Waals surface area contributed by atoms with Crippen LogP contribution in [-0.2, 0) is 0 Å². The molecule has 2 heterocycles. The third-order valence-corrected chi connectivity index (χ3v) is 6.42. The monoisotopic (exact) mass is 440 g/mol. The van der Waals surface area contributed by atoms with E-state index in [0.717, 1.165) is 22.2 Å². The SMILES string of the molecule is Cc1ccc2nc(C)cc(C(=O)N3CCC(C(=O)c4ccc(Cl)c(Cl)c4)CC3)c2c1. The number of hydrogen-bond acceptors (Lipinski definition) is 3. The van der Waals surface area contributed by atoms with E-state index in [-0.39, 0.29) is 17.6 Å². The van der Waals surface area contributed by atoms with E-state index < -0.39 is 0 Å². The molecule has 0 bridgehead atoms. The lowest BCUT2D eigenvalue weighted by Crippen LogP contribution is -2.40. The third-order valence-electron chi connectivity index (χ3n) is 5.68. The molecule has 3 aromatic rings. The number of amides is 1. The van der Waals surface area contributed by atoms with Gasteiger partial charge in [-0.3, -0.25) is 14.6 Å². The summed E-state index contributed by atoms with van der Waals surface area (Å²) in [5.41, 5.74) is 3.98. The second-order valence-corrected chi connectivity index (χ2v) is 8.71. The first kappa shape index (κ1) is 20.8. The number of likely N-dealkylation sites (tertiary alicyclic amines) is 1. The highest BCUT2D eigenvalue weighted by Crippen LogP contribution is 2.28. The highest BCUT2D eigenvalue weighted by molar-refractivity contribution is 6.42. The number of aromatic nitrogens is 1.